The van der Waals surface area contributed by atoms with Crippen LogP contribution in [0.15, 0.2) is 97.1 Å². The maximum absolute atomic E-state index is 5.99. The van der Waals surface area contributed by atoms with Gasteiger partial charge in [0.2, 0.25) is 0 Å². The van der Waals surface area contributed by atoms with Crippen LogP contribution in [-0.4, -0.2) is 14.1 Å². The van der Waals surface area contributed by atoms with Crippen molar-refractivity contribution in [3.8, 4) is 0 Å². The molecule has 0 aliphatic heterocycles. The van der Waals surface area contributed by atoms with Crippen LogP contribution >= 0.6 is 48.0 Å². The first kappa shape index (κ1) is 32.5. The number of hydrogen-bond donors (Lipinski definition) is 2. The number of rotatable bonds is 4. The molecule has 212 valence electrons. The summed E-state index contributed by atoms with van der Waals surface area (Å²) < 4.78 is 0. The second-order valence-electron chi connectivity index (χ2n) is 10.3. The highest BCUT2D eigenvalue weighted by molar-refractivity contribution is 6.30. The maximum atomic E-state index is 5.99. The lowest BCUT2D eigenvalue weighted by Gasteiger charge is -2.31. The average Bonchev–Trinajstić information content (AvgIpc) is 2.97. The fraction of sp³-hybridized carbons (Fsp3) is 0.294. The standard InChI is InChI=1S/2C17H18ClN.2ClH/c2*1-19-17-11-10-14(12-6-8-13(18)9-7-12)15-4-2-3-5-16(15)17;;/h2*2-9,14,17,19H,10-11H2,1H3;2*1H/t2*14-,17+;;/m10../s1. The Morgan fingerprint density at radius 1 is 0.475 bits per heavy atom. The van der Waals surface area contributed by atoms with E-state index in [-0.39, 0.29) is 24.8 Å². The molecule has 2 N–H and O–H groups in total. The van der Waals surface area contributed by atoms with Gasteiger partial charge < -0.3 is 10.6 Å². The Morgan fingerprint density at radius 2 is 0.800 bits per heavy atom. The van der Waals surface area contributed by atoms with Gasteiger partial charge in [-0.2, -0.15) is 0 Å². The lowest BCUT2D eigenvalue weighted by Crippen LogP contribution is -2.24. The van der Waals surface area contributed by atoms with Crippen LogP contribution in [0.3, 0.4) is 0 Å². The minimum absolute atomic E-state index is 0. The van der Waals surface area contributed by atoms with Gasteiger partial charge in [0.05, 0.1) is 0 Å². The average molecular weight is 617 g/mol. The maximum Gasteiger partial charge on any atom is 0.0406 e. The van der Waals surface area contributed by atoms with Crippen molar-refractivity contribution in [2.24, 2.45) is 0 Å². The van der Waals surface area contributed by atoms with Crippen molar-refractivity contribution in [3.05, 3.63) is 140 Å². The SMILES string of the molecule is CN[C@@H]1CC[C@@H](c2ccc(Cl)cc2)c2ccccc21.CN[C@H]1CC[C@H](c2ccc(Cl)cc2)c2ccccc21.Cl.Cl. The zero-order valence-electron chi connectivity index (χ0n) is 22.9. The van der Waals surface area contributed by atoms with Crippen molar-refractivity contribution >= 4 is 48.0 Å². The number of halogens is 4. The summed E-state index contributed by atoms with van der Waals surface area (Å²) in [5.41, 5.74) is 8.52. The Labute approximate surface area is 261 Å². The summed E-state index contributed by atoms with van der Waals surface area (Å²) in [7, 11) is 4.09. The quantitative estimate of drug-likeness (QED) is 0.239. The molecule has 0 heterocycles. The van der Waals surface area contributed by atoms with Crippen molar-refractivity contribution in [1.82, 2.24) is 10.6 Å². The molecule has 2 aliphatic carbocycles. The van der Waals surface area contributed by atoms with E-state index in [0.717, 1.165) is 10.0 Å². The molecule has 0 saturated carbocycles. The van der Waals surface area contributed by atoms with Crippen LogP contribution in [-0.2, 0) is 0 Å². The summed E-state index contributed by atoms with van der Waals surface area (Å²) >= 11 is 12.0. The molecule has 6 heteroatoms. The van der Waals surface area contributed by atoms with Gasteiger partial charge in [0.25, 0.3) is 0 Å². The third-order valence-electron chi connectivity index (χ3n) is 8.22. The summed E-state index contributed by atoms with van der Waals surface area (Å²) in [4.78, 5) is 0. The molecule has 0 aromatic heterocycles. The van der Waals surface area contributed by atoms with Gasteiger partial charge in [0.15, 0.2) is 0 Å². The van der Waals surface area contributed by atoms with Gasteiger partial charge >= 0.3 is 0 Å². The second-order valence-corrected chi connectivity index (χ2v) is 11.2. The highest BCUT2D eigenvalue weighted by atomic mass is 35.5. The molecule has 0 amide bonds. The molecule has 0 saturated heterocycles. The van der Waals surface area contributed by atoms with Crippen molar-refractivity contribution < 1.29 is 0 Å². The molecule has 40 heavy (non-hydrogen) atoms. The smallest absolute Gasteiger partial charge is 0.0406 e. The third kappa shape index (κ3) is 7.23. The molecule has 2 nitrogen and oxygen atoms in total. The minimum atomic E-state index is 0. The first-order valence-electron chi connectivity index (χ1n) is 13.6. The van der Waals surface area contributed by atoms with Crippen LogP contribution in [0, 0.1) is 0 Å². The lowest BCUT2D eigenvalue weighted by atomic mass is 9.77. The summed E-state index contributed by atoms with van der Waals surface area (Å²) in [5.74, 6) is 0.996. The van der Waals surface area contributed by atoms with E-state index in [1.165, 1.54) is 59.1 Å². The van der Waals surface area contributed by atoms with E-state index in [4.69, 9.17) is 23.2 Å². The molecule has 4 atom stereocenters. The van der Waals surface area contributed by atoms with Gasteiger partial charge in [-0.25, -0.2) is 0 Å². The molecule has 0 unspecified atom stereocenters. The zero-order valence-corrected chi connectivity index (χ0v) is 26.1. The summed E-state index contributed by atoms with van der Waals surface area (Å²) in [6.45, 7) is 0. The van der Waals surface area contributed by atoms with E-state index < -0.39 is 0 Å². The van der Waals surface area contributed by atoms with Crippen molar-refractivity contribution in [1.29, 1.82) is 0 Å². The van der Waals surface area contributed by atoms with Gasteiger partial charge in [-0.15, -0.1) is 24.8 Å². The topological polar surface area (TPSA) is 24.1 Å². The summed E-state index contributed by atoms with van der Waals surface area (Å²) in [6.07, 6.45) is 4.73. The van der Waals surface area contributed by atoms with E-state index in [0.29, 0.717) is 23.9 Å². The predicted octanol–water partition coefficient (Wildman–Crippen LogP) is 9.90. The number of nitrogens with one attached hydrogen (secondary N) is 2. The fourth-order valence-electron chi connectivity index (χ4n) is 6.26. The van der Waals surface area contributed by atoms with Crippen LogP contribution in [0.5, 0.6) is 0 Å². The number of fused-ring (bicyclic) bond motifs is 2. The van der Waals surface area contributed by atoms with Crippen LogP contribution in [0.4, 0.5) is 0 Å². The van der Waals surface area contributed by atoms with E-state index in [2.05, 4.69) is 83.4 Å². The molecule has 0 radical (unpaired) electrons. The molecule has 4 aromatic rings. The Morgan fingerprint density at radius 3 is 1.12 bits per heavy atom. The highest BCUT2D eigenvalue weighted by Gasteiger charge is 2.28. The Hall–Kier alpha value is -2.04. The largest absolute Gasteiger partial charge is 0.313 e. The van der Waals surface area contributed by atoms with Gasteiger partial charge in [0.1, 0.15) is 0 Å². The van der Waals surface area contributed by atoms with Crippen LogP contribution in [0.25, 0.3) is 0 Å². The minimum Gasteiger partial charge on any atom is -0.313 e. The predicted molar refractivity (Wildman–Crippen MR) is 176 cm³/mol. The van der Waals surface area contributed by atoms with Crippen LogP contribution in [0.1, 0.15) is 83.0 Å². The first-order valence-corrected chi connectivity index (χ1v) is 14.4. The Balaban J connectivity index is 0.000000210. The zero-order chi connectivity index (χ0) is 26.5. The molecular weight excluding hydrogens is 578 g/mol. The normalized spacial score (nSPS) is 20.9. The second kappa shape index (κ2) is 15.3. The highest BCUT2D eigenvalue weighted by Crippen LogP contribution is 2.42. The lowest BCUT2D eigenvalue weighted by molar-refractivity contribution is 0.471. The van der Waals surface area contributed by atoms with Gasteiger partial charge in [-0.1, -0.05) is 96.0 Å². The van der Waals surface area contributed by atoms with E-state index in [1.807, 2.05) is 38.4 Å². The van der Waals surface area contributed by atoms with Crippen molar-refractivity contribution in [3.63, 3.8) is 0 Å². The van der Waals surface area contributed by atoms with E-state index in [9.17, 15) is 0 Å². The van der Waals surface area contributed by atoms with Crippen LogP contribution < -0.4 is 10.6 Å². The fourth-order valence-corrected chi connectivity index (χ4v) is 6.51. The molecule has 0 fully saturated rings. The number of benzene rings is 4. The molecular formula is C34H38Cl4N2. The number of hydrogen-bond acceptors (Lipinski definition) is 2. The Kier molecular flexibility index (Phi) is 12.4. The van der Waals surface area contributed by atoms with Crippen molar-refractivity contribution in [2.45, 2.75) is 49.6 Å². The molecule has 6 rings (SSSR count). The summed E-state index contributed by atoms with van der Waals surface area (Å²) in [6, 6.07) is 35.1. The first-order chi connectivity index (χ1) is 18.6. The third-order valence-corrected chi connectivity index (χ3v) is 8.73. The van der Waals surface area contributed by atoms with Crippen molar-refractivity contribution in [2.75, 3.05) is 14.1 Å². The van der Waals surface area contributed by atoms with Gasteiger partial charge in [-0.3, -0.25) is 0 Å². The Bertz CT molecular complexity index is 1240. The van der Waals surface area contributed by atoms with E-state index >= 15 is 0 Å². The van der Waals surface area contributed by atoms with Crippen LogP contribution in [0.2, 0.25) is 10.0 Å². The molecule has 0 bridgehead atoms. The molecule has 2 aliphatic rings. The van der Waals surface area contributed by atoms with E-state index in [1.54, 1.807) is 0 Å². The monoisotopic (exact) mass is 614 g/mol. The molecule has 0 spiro atoms. The molecule has 4 aromatic carbocycles. The van der Waals surface area contributed by atoms with Gasteiger partial charge in [0, 0.05) is 34.0 Å². The summed E-state index contributed by atoms with van der Waals surface area (Å²) in [5, 5.41) is 8.45. The van der Waals surface area contributed by atoms with Gasteiger partial charge in [-0.05, 0) is 97.4 Å².